The molecule has 6 heteroatoms. The van der Waals surface area contributed by atoms with Crippen LogP contribution in [0, 0.1) is 5.82 Å². The number of benzene rings is 1. The van der Waals surface area contributed by atoms with Crippen LogP contribution in [0.2, 0.25) is 5.02 Å². The van der Waals surface area contributed by atoms with Crippen molar-refractivity contribution in [1.29, 1.82) is 0 Å². The lowest BCUT2D eigenvalue weighted by atomic mass is 9.86. The van der Waals surface area contributed by atoms with E-state index in [1.165, 1.54) is 0 Å². The zero-order valence-electron chi connectivity index (χ0n) is 15.1. The Morgan fingerprint density at radius 1 is 1.24 bits per heavy atom. The molecule has 25 heavy (non-hydrogen) atoms. The van der Waals surface area contributed by atoms with Gasteiger partial charge < -0.3 is 4.90 Å². The van der Waals surface area contributed by atoms with Gasteiger partial charge in [0.1, 0.15) is 5.82 Å². The van der Waals surface area contributed by atoms with Crippen molar-refractivity contribution in [3.05, 3.63) is 34.6 Å². The van der Waals surface area contributed by atoms with E-state index in [-0.39, 0.29) is 22.3 Å². The quantitative estimate of drug-likeness (QED) is 0.821. The maximum Gasteiger partial charge on any atom is 0.222 e. The third kappa shape index (κ3) is 3.83. The van der Waals surface area contributed by atoms with Crippen molar-refractivity contribution >= 4 is 17.5 Å². The maximum atomic E-state index is 14.3. The summed E-state index contributed by atoms with van der Waals surface area (Å²) >= 11 is 5.92. The Balaban J connectivity index is 1.75. The molecule has 2 aliphatic rings. The van der Waals surface area contributed by atoms with Gasteiger partial charge in [-0.25, -0.2) is 4.39 Å². The highest BCUT2D eigenvalue weighted by Gasteiger charge is 2.42. The van der Waals surface area contributed by atoms with E-state index in [1.807, 2.05) is 17.9 Å². The molecular formula is C19H27ClFN3O. The number of hydrogen-bond donors (Lipinski definition) is 0. The van der Waals surface area contributed by atoms with Crippen molar-refractivity contribution in [3.8, 4) is 0 Å². The molecule has 138 valence electrons. The van der Waals surface area contributed by atoms with Gasteiger partial charge in [-0.05, 0) is 32.9 Å². The van der Waals surface area contributed by atoms with Gasteiger partial charge in [0.25, 0.3) is 0 Å². The van der Waals surface area contributed by atoms with Crippen molar-refractivity contribution in [1.82, 2.24) is 14.7 Å². The molecule has 2 aliphatic heterocycles. The number of likely N-dealkylation sites (N-methyl/N-ethyl adjacent to an activating group) is 1. The molecule has 2 saturated heterocycles. The molecule has 0 unspecified atom stereocenters. The highest BCUT2D eigenvalue weighted by Crippen LogP contribution is 2.33. The maximum absolute atomic E-state index is 14.3. The summed E-state index contributed by atoms with van der Waals surface area (Å²) in [6.07, 6.45) is 2.43. The van der Waals surface area contributed by atoms with Crippen molar-refractivity contribution in [2.24, 2.45) is 0 Å². The van der Waals surface area contributed by atoms with Crippen LogP contribution in [0.3, 0.4) is 0 Å². The van der Waals surface area contributed by atoms with E-state index in [9.17, 15) is 9.18 Å². The molecule has 0 N–H and O–H groups in total. The second-order valence-corrected chi connectivity index (χ2v) is 7.70. The first-order chi connectivity index (χ1) is 11.9. The molecule has 1 amide bonds. The monoisotopic (exact) mass is 367 g/mol. The summed E-state index contributed by atoms with van der Waals surface area (Å²) in [5.74, 6) is -0.0591. The fourth-order valence-electron chi connectivity index (χ4n) is 4.16. The first kappa shape index (κ1) is 18.6. The van der Waals surface area contributed by atoms with E-state index in [1.54, 1.807) is 12.1 Å². The van der Waals surface area contributed by atoms with Crippen molar-refractivity contribution in [2.45, 2.75) is 38.3 Å². The Hall–Kier alpha value is -1.17. The summed E-state index contributed by atoms with van der Waals surface area (Å²) in [6, 6.07) is 5.19. The average molecular weight is 368 g/mol. The van der Waals surface area contributed by atoms with E-state index >= 15 is 0 Å². The summed E-state index contributed by atoms with van der Waals surface area (Å²) in [6.45, 7) is 6.87. The number of rotatable bonds is 3. The molecule has 0 aliphatic carbocycles. The number of piperazine rings is 1. The first-order valence-electron chi connectivity index (χ1n) is 9.09. The van der Waals surface area contributed by atoms with Gasteiger partial charge in [0.15, 0.2) is 0 Å². The van der Waals surface area contributed by atoms with Crippen LogP contribution in [0.4, 0.5) is 4.39 Å². The van der Waals surface area contributed by atoms with Gasteiger partial charge in [-0.3, -0.25) is 14.6 Å². The van der Waals surface area contributed by atoms with Crippen molar-refractivity contribution < 1.29 is 9.18 Å². The Bertz CT molecular complexity index is 641. The Morgan fingerprint density at radius 3 is 2.80 bits per heavy atom. The van der Waals surface area contributed by atoms with Gasteiger partial charge >= 0.3 is 0 Å². The SMILES string of the molecule is CCN1CC[C@@]2(CCC1=O)CN(Cc1cccc(Cl)c1F)CCN2C. The van der Waals surface area contributed by atoms with Crippen LogP contribution >= 0.6 is 11.6 Å². The van der Waals surface area contributed by atoms with Crippen LogP contribution in [-0.2, 0) is 11.3 Å². The third-order valence-corrected chi connectivity index (χ3v) is 6.18. The Morgan fingerprint density at radius 2 is 2.04 bits per heavy atom. The van der Waals surface area contributed by atoms with Crippen LogP contribution in [0.5, 0.6) is 0 Å². The summed E-state index contributed by atoms with van der Waals surface area (Å²) in [4.78, 5) is 18.9. The van der Waals surface area contributed by atoms with Crippen molar-refractivity contribution in [2.75, 3.05) is 39.8 Å². The first-order valence-corrected chi connectivity index (χ1v) is 9.47. The lowest BCUT2D eigenvalue weighted by Crippen LogP contribution is -2.60. The summed E-state index contributed by atoms with van der Waals surface area (Å²) in [5, 5.41) is 0.181. The topological polar surface area (TPSA) is 26.8 Å². The highest BCUT2D eigenvalue weighted by molar-refractivity contribution is 6.30. The number of hydrogen-bond acceptors (Lipinski definition) is 3. The van der Waals surface area contributed by atoms with Crippen LogP contribution in [0.1, 0.15) is 31.7 Å². The van der Waals surface area contributed by atoms with Crippen molar-refractivity contribution in [3.63, 3.8) is 0 Å². The molecule has 0 bridgehead atoms. The fourth-order valence-corrected chi connectivity index (χ4v) is 4.35. The molecule has 0 saturated carbocycles. The second kappa shape index (κ2) is 7.60. The molecule has 1 aromatic rings. The smallest absolute Gasteiger partial charge is 0.222 e. The molecule has 4 nitrogen and oxygen atoms in total. The minimum atomic E-state index is -0.314. The lowest BCUT2D eigenvalue weighted by molar-refractivity contribution is -0.130. The van der Waals surface area contributed by atoms with E-state index in [0.717, 1.165) is 45.6 Å². The number of likely N-dealkylation sites (tertiary alicyclic amines) is 1. The molecule has 0 aromatic heterocycles. The number of halogens is 2. The fraction of sp³-hybridized carbons (Fsp3) is 0.632. The Kier molecular flexibility index (Phi) is 5.66. The predicted octanol–water partition coefficient (Wildman–Crippen LogP) is 3.00. The van der Waals surface area contributed by atoms with Gasteiger partial charge in [0, 0.05) is 56.8 Å². The minimum Gasteiger partial charge on any atom is -0.343 e. The van der Waals surface area contributed by atoms with Crippen LogP contribution in [0.15, 0.2) is 18.2 Å². The van der Waals surface area contributed by atoms with Crippen LogP contribution in [-0.4, -0.2) is 65.9 Å². The standard InChI is InChI=1S/C19H27ClFN3O/c1-3-24-10-9-19(8-7-17(24)25)14-23(12-11-22(19)2)13-15-5-4-6-16(20)18(15)21/h4-6H,3,7-14H2,1-2H3/t19-/m0/s1. The molecule has 1 aromatic carbocycles. The van der Waals surface area contributed by atoms with E-state index < -0.39 is 0 Å². The van der Waals surface area contributed by atoms with Gasteiger partial charge in [0.05, 0.1) is 5.02 Å². The molecule has 1 spiro atoms. The largest absolute Gasteiger partial charge is 0.343 e. The number of carbonyl (C=O) groups is 1. The normalized spacial score (nSPS) is 26.2. The number of nitrogens with zero attached hydrogens (tertiary/aromatic N) is 3. The van der Waals surface area contributed by atoms with Gasteiger partial charge in [-0.2, -0.15) is 0 Å². The molecule has 3 rings (SSSR count). The second-order valence-electron chi connectivity index (χ2n) is 7.29. The number of carbonyl (C=O) groups excluding carboxylic acids is 1. The predicted molar refractivity (Wildman–Crippen MR) is 98.2 cm³/mol. The molecule has 2 fully saturated rings. The molecule has 1 atom stereocenters. The van der Waals surface area contributed by atoms with E-state index in [4.69, 9.17) is 11.6 Å². The summed E-state index contributed by atoms with van der Waals surface area (Å²) in [5.41, 5.74) is 0.638. The molecule has 0 radical (unpaired) electrons. The molecule has 2 heterocycles. The number of amides is 1. The minimum absolute atomic E-state index is 0.00706. The van der Waals surface area contributed by atoms with Crippen LogP contribution < -0.4 is 0 Å². The zero-order valence-corrected chi connectivity index (χ0v) is 15.9. The van der Waals surface area contributed by atoms with E-state index in [0.29, 0.717) is 18.5 Å². The zero-order chi connectivity index (χ0) is 18.0. The van der Waals surface area contributed by atoms with E-state index in [2.05, 4.69) is 16.8 Å². The lowest BCUT2D eigenvalue weighted by Gasteiger charge is -2.49. The van der Waals surface area contributed by atoms with Gasteiger partial charge in [0.2, 0.25) is 5.91 Å². The summed E-state index contributed by atoms with van der Waals surface area (Å²) in [7, 11) is 2.16. The Labute approximate surface area is 154 Å². The van der Waals surface area contributed by atoms with Gasteiger partial charge in [-0.15, -0.1) is 0 Å². The molecular weight excluding hydrogens is 341 g/mol. The van der Waals surface area contributed by atoms with Crippen LogP contribution in [0.25, 0.3) is 0 Å². The summed E-state index contributed by atoms with van der Waals surface area (Å²) < 4.78 is 14.3. The van der Waals surface area contributed by atoms with Gasteiger partial charge in [-0.1, -0.05) is 23.7 Å². The average Bonchev–Trinajstić information content (AvgIpc) is 2.75. The third-order valence-electron chi connectivity index (χ3n) is 5.89. The highest BCUT2D eigenvalue weighted by atomic mass is 35.5.